The molecule has 6 heteroatoms. The highest BCUT2D eigenvalue weighted by atomic mass is 35.5. The molecule has 2 rings (SSSR count). The molecule has 0 radical (unpaired) electrons. The van der Waals surface area contributed by atoms with Crippen LogP contribution < -0.4 is 0 Å². The quantitative estimate of drug-likeness (QED) is 0.741. The fourth-order valence-electron chi connectivity index (χ4n) is 2.64. The van der Waals surface area contributed by atoms with Crippen molar-refractivity contribution in [2.24, 2.45) is 0 Å². The Hall–Kier alpha value is -2.14. The third kappa shape index (κ3) is 4.03. The Bertz CT molecular complexity index is 773. The summed E-state index contributed by atoms with van der Waals surface area (Å²) in [6.07, 6.45) is 0.551. The first-order chi connectivity index (χ1) is 11.5. The fraction of sp³-hybridized carbons (Fsp3) is 0.389. The van der Waals surface area contributed by atoms with Crippen LogP contribution in [0.3, 0.4) is 0 Å². The summed E-state index contributed by atoms with van der Waals surface area (Å²) < 4.78 is 10.1. The van der Waals surface area contributed by atoms with Gasteiger partial charge in [0.15, 0.2) is 0 Å². The second-order valence-electron chi connectivity index (χ2n) is 5.24. The van der Waals surface area contributed by atoms with Gasteiger partial charge in [0.1, 0.15) is 0 Å². The lowest BCUT2D eigenvalue weighted by Gasteiger charge is -2.14. The molecule has 0 bridgehead atoms. The van der Waals surface area contributed by atoms with Crippen molar-refractivity contribution >= 4 is 34.4 Å². The molecule has 128 valence electrons. The lowest BCUT2D eigenvalue weighted by molar-refractivity contribution is -0.143. The highest BCUT2D eigenvalue weighted by molar-refractivity contribution is 6.31. The highest BCUT2D eigenvalue weighted by Gasteiger charge is 2.21. The van der Waals surface area contributed by atoms with E-state index in [1.54, 1.807) is 32.9 Å². The SMILES string of the molecule is CCOC(=O)CCc1c(C(=O)OCC)c(C)nc2cc(Cl)ccc12. The van der Waals surface area contributed by atoms with Crippen LogP contribution in [0, 0.1) is 6.92 Å². The van der Waals surface area contributed by atoms with Crippen molar-refractivity contribution in [3.63, 3.8) is 0 Å². The van der Waals surface area contributed by atoms with Crippen molar-refractivity contribution in [1.29, 1.82) is 0 Å². The number of halogens is 1. The Balaban J connectivity index is 2.54. The van der Waals surface area contributed by atoms with Crippen LogP contribution in [0.4, 0.5) is 0 Å². The van der Waals surface area contributed by atoms with Gasteiger partial charge in [0.2, 0.25) is 0 Å². The van der Waals surface area contributed by atoms with Crippen molar-refractivity contribution in [3.05, 3.63) is 40.0 Å². The summed E-state index contributed by atoms with van der Waals surface area (Å²) >= 11 is 6.04. The number of benzene rings is 1. The van der Waals surface area contributed by atoms with Gasteiger partial charge >= 0.3 is 11.9 Å². The van der Waals surface area contributed by atoms with Crippen LogP contribution in [0.25, 0.3) is 10.9 Å². The van der Waals surface area contributed by atoms with E-state index in [2.05, 4.69) is 4.98 Å². The predicted octanol–water partition coefficient (Wildman–Crippen LogP) is 3.87. The zero-order valence-corrected chi connectivity index (χ0v) is 14.8. The first kappa shape index (κ1) is 18.2. The number of aryl methyl sites for hydroxylation is 2. The van der Waals surface area contributed by atoms with Gasteiger partial charge in [-0.3, -0.25) is 9.78 Å². The number of hydrogen-bond donors (Lipinski definition) is 0. The molecule has 0 saturated carbocycles. The largest absolute Gasteiger partial charge is 0.466 e. The molecule has 0 aliphatic rings. The Labute approximate surface area is 145 Å². The number of pyridine rings is 1. The Morgan fingerprint density at radius 1 is 1.17 bits per heavy atom. The average molecular weight is 350 g/mol. The summed E-state index contributed by atoms with van der Waals surface area (Å²) in [7, 11) is 0. The topological polar surface area (TPSA) is 65.5 Å². The summed E-state index contributed by atoms with van der Waals surface area (Å²) in [5.41, 5.74) is 2.39. The van der Waals surface area contributed by atoms with Gasteiger partial charge in [-0.1, -0.05) is 17.7 Å². The van der Waals surface area contributed by atoms with Crippen LogP contribution in [-0.4, -0.2) is 30.1 Å². The van der Waals surface area contributed by atoms with Gasteiger partial charge in [0.25, 0.3) is 0 Å². The number of aromatic nitrogens is 1. The van der Waals surface area contributed by atoms with E-state index in [0.717, 1.165) is 10.9 Å². The number of rotatable bonds is 6. The number of nitrogens with zero attached hydrogens (tertiary/aromatic N) is 1. The summed E-state index contributed by atoms with van der Waals surface area (Å²) in [4.78, 5) is 28.5. The third-order valence-corrected chi connectivity index (χ3v) is 3.84. The average Bonchev–Trinajstić information content (AvgIpc) is 2.52. The number of ether oxygens (including phenoxy) is 2. The number of hydrogen-bond acceptors (Lipinski definition) is 5. The summed E-state index contributed by atoms with van der Waals surface area (Å²) in [5.74, 6) is -0.734. The predicted molar refractivity (Wildman–Crippen MR) is 92.4 cm³/mol. The molecule has 5 nitrogen and oxygen atoms in total. The summed E-state index contributed by atoms with van der Waals surface area (Å²) in [6, 6.07) is 5.30. The van der Waals surface area contributed by atoms with E-state index in [-0.39, 0.29) is 19.0 Å². The Morgan fingerprint density at radius 2 is 1.88 bits per heavy atom. The van der Waals surface area contributed by atoms with Crippen LogP contribution >= 0.6 is 11.6 Å². The van der Waals surface area contributed by atoms with E-state index < -0.39 is 5.97 Å². The maximum atomic E-state index is 12.4. The molecular formula is C18H20ClNO4. The van der Waals surface area contributed by atoms with Crippen LogP contribution in [0.15, 0.2) is 18.2 Å². The highest BCUT2D eigenvalue weighted by Crippen LogP contribution is 2.27. The van der Waals surface area contributed by atoms with E-state index in [1.807, 2.05) is 6.07 Å². The summed E-state index contributed by atoms with van der Waals surface area (Å²) in [6.45, 7) is 5.86. The van der Waals surface area contributed by atoms with Gasteiger partial charge in [-0.15, -0.1) is 0 Å². The van der Waals surface area contributed by atoms with Gasteiger partial charge in [0.05, 0.1) is 30.0 Å². The van der Waals surface area contributed by atoms with Crippen LogP contribution in [0.1, 0.15) is 41.9 Å². The van der Waals surface area contributed by atoms with Gasteiger partial charge in [-0.05, 0) is 44.9 Å². The van der Waals surface area contributed by atoms with E-state index in [9.17, 15) is 9.59 Å². The van der Waals surface area contributed by atoms with E-state index in [0.29, 0.717) is 34.8 Å². The monoisotopic (exact) mass is 349 g/mol. The normalized spacial score (nSPS) is 10.7. The first-order valence-corrected chi connectivity index (χ1v) is 8.27. The van der Waals surface area contributed by atoms with Crippen molar-refractivity contribution in [2.45, 2.75) is 33.6 Å². The van der Waals surface area contributed by atoms with Gasteiger partial charge in [0, 0.05) is 16.8 Å². The fourth-order valence-corrected chi connectivity index (χ4v) is 2.80. The number of carbonyl (C=O) groups is 2. The molecular weight excluding hydrogens is 330 g/mol. The number of esters is 2. The molecule has 0 aliphatic heterocycles. The van der Waals surface area contributed by atoms with Gasteiger partial charge in [-0.25, -0.2) is 4.79 Å². The molecule has 0 atom stereocenters. The van der Waals surface area contributed by atoms with Gasteiger partial charge in [-0.2, -0.15) is 0 Å². The third-order valence-electron chi connectivity index (χ3n) is 3.60. The molecule has 0 aliphatic carbocycles. The van der Waals surface area contributed by atoms with Crippen molar-refractivity contribution in [1.82, 2.24) is 4.98 Å². The van der Waals surface area contributed by atoms with Gasteiger partial charge < -0.3 is 9.47 Å². The smallest absolute Gasteiger partial charge is 0.340 e. The minimum Gasteiger partial charge on any atom is -0.466 e. The minimum absolute atomic E-state index is 0.182. The second-order valence-corrected chi connectivity index (χ2v) is 5.67. The molecule has 1 aromatic heterocycles. The molecule has 0 amide bonds. The van der Waals surface area contributed by atoms with Crippen LogP contribution in [-0.2, 0) is 20.7 Å². The number of fused-ring (bicyclic) bond motifs is 1. The summed E-state index contributed by atoms with van der Waals surface area (Å²) in [5, 5.41) is 1.35. The minimum atomic E-state index is -0.432. The molecule has 2 aromatic rings. The lowest BCUT2D eigenvalue weighted by Crippen LogP contribution is -2.14. The maximum absolute atomic E-state index is 12.4. The lowest BCUT2D eigenvalue weighted by atomic mass is 9.96. The zero-order valence-electron chi connectivity index (χ0n) is 14.0. The zero-order chi connectivity index (χ0) is 17.7. The molecule has 24 heavy (non-hydrogen) atoms. The van der Waals surface area contributed by atoms with E-state index in [1.165, 1.54) is 0 Å². The molecule has 0 unspecified atom stereocenters. The standard InChI is InChI=1S/C18H20ClNO4/c1-4-23-16(21)9-8-14-13-7-6-12(19)10-15(13)20-11(3)17(14)18(22)24-5-2/h6-7,10H,4-5,8-9H2,1-3H3. The van der Waals surface area contributed by atoms with Crippen molar-refractivity contribution < 1.29 is 19.1 Å². The number of carbonyl (C=O) groups excluding carboxylic acids is 2. The Kier molecular flexibility index (Phi) is 6.15. The molecule has 0 fully saturated rings. The first-order valence-electron chi connectivity index (χ1n) is 7.89. The molecule has 0 saturated heterocycles. The second kappa shape index (κ2) is 8.11. The molecule has 0 spiro atoms. The molecule has 1 heterocycles. The molecule has 0 N–H and O–H groups in total. The van der Waals surface area contributed by atoms with Crippen LogP contribution in [0.2, 0.25) is 5.02 Å². The van der Waals surface area contributed by atoms with Crippen molar-refractivity contribution in [3.8, 4) is 0 Å². The maximum Gasteiger partial charge on any atom is 0.340 e. The van der Waals surface area contributed by atoms with E-state index in [4.69, 9.17) is 21.1 Å². The van der Waals surface area contributed by atoms with Crippen LogP contribution in [0.5, 0.6) is 0 Å². The van der Waals surface area contributed by atoms with E-state index >= 15 is 0 Å². The molecule has 1 aromatic carbocycles. The Morgan fingerprint density at radius 3 is 2.54 bits per heavy atom. The van der Waals surface area contributed by atoms with Crippen molar-refractivity contribution in [2.75, 3.05) is 13.2 Å².